The normalized spacial score (nSPS) is 10.1. The lowest BCUT2D eigenvalue weighted by molar-refractivity contribution is -0.697. The highest BCUT2D eigenvalue weighted by Crippen LogP contribution is 2.11. The Kier molecular flexibility index (Phi) is 37.7. The van der Waals surface area contributed by atoms with Gasteiger partial charge in [0.15, 0.2) is 24.8 Å². The summed E-state index contributed by atoms with van der Waals surface area (Å²) in [6.07, 6.45) is 36.0. The number of unbranched alkanes of at least 4 members (excludes halogenated alkanes) is 17. The van der Waals surface area contributed by atoms with Crippen LogP contribution in [0.25, 0.3) is 0 Å². The van der Waals surface area contributed by atoms with Gasteiger partial charge in [0.25, 0.3) is 0 Å². The lowest BCUT2D eigenvalue weighted by Crippen LogP contribution is -3.00. The second-order valence-corrected chi connectivity index (χ2v) is 11.9. The summed E-state index contributed by atoms with van der Waals surface area (Å²) < 4.78 is 4.68. The topological polar surface area (TPSA) is 31.8 Å². The first-order valence-electron chi connectivity index (χ1n) is 17.3. The smallest absolute Gasteiger partial charge is 0.170 e. The lowest BCUT2D eigenvalue weighted by Gasteiger charge is -2.06. The van der Waals surface area contributed by atoms with E-state index in [1.807, 2.05) is 0 Å². The van der Waals surface area contributed by atoms with E-state index in [4.69, 9.17) is 0 Å². The summed E-state index contributed by atoms with van der Waals surface area (Å²) in [6, 6.07) is 8.94. The van der Waals surface area contributed by atoms with Crippen LogP contribution in [0.3, 0.4) is 0 Å². The third kappa shape index (κ3) is 26.3. The summed E-state index contributed by atoms with van der Waals surface area (Å²) >= 11 is 0. The minimum Gasteiger partial charge on any atom is -1.00 e. The van der Waals surface area contributed by atoms with Gasteiger partial charge in [-0.25, -0.2) is 9.13 Å². The molecule has 0 bridgehead atoms. The zero-order valence-electron chi connectivity index (χ0n) is 28.1. The number of nitrogens with one attached hydrogen (secondary N) is 2. The molecule has 0 aliphatic carbocycles. The molecule has 0 aromatic carbocycles. The van der Waals surface area contributed by atoms with Crippen LogP contribution in [0, 0.1) is 0 Å². The maximum absolute atomic E-state index is 3.58. The van der Waals surface area contributed by atoms with Crippen molar-refractivity contribution < 1.29 is 33.9 Å². The van der Waals surface area contributed by atoms with Gasteiger partial charge in [-0.2, -0.15) is 0 Å². The molecule has 2 N–H and O–H groups in total. The Morgan fingerprint density at radius 3 is 1.00 bits per heavy atom. The van der Waals surface area contributed by atoms with E-state index < -0.39 is 0 Å². The van der Waals surface area contributed by atoms with Gasteiger partial charge in [0, 0.05) is 61.6 Å². The van der Waals surface area contributed by atoms with Crippen LogP contribution in [-0.4, -0.2) is 13.1 Å². The number of nitrogens with zero attached hydrogens (tertiary/aromatic N) is 2. The molecule has 44 heavy (non-hydrogen) atoms. The van der Waals surface area contributed by atoms with Gasteiger partial charge in [0.2, 0.25) is 0 Å². The van der Waals surface area contributed by atoms with Crippen molar-refractivity contribution in [2.24, 2.45) is 0 Å². The SMILES string of the molecule is CCCCCCCCNc1cc[n+](CCCCCCCCCC[n+]2ccc(NCCCCCCCC)cc2)cc1.Cl.Cl.[Cl-].[Cl-]. The van der Waals surface area contributed by atoms with Crippen LogP contribution in [0.1, 0.15) is 142 Å². The molecule has 0 aliphatic rings. The van der Waals surface area contributed by atoms with E-state index in [9.17, 15) is 0 Å². The van der Waals surface area contributed by atoms with Crippen molar-refractivity contribution in [3.05, 3.63) is 49.1 Å². The molecule has 0 saturated heterocycles. The van der Waals surface area contributed by atoms with Crippen molar-refractivity contribution in [3.8, 4) is 0 Å². The van der Waals surface area contributed by atoms with Crippen LogP contribution < -0.4 is 44.6 Å². The molecule has 2 heterocycles. The van der Waals surface area contributed by atoms with E-state index in [2.05, 4.69) is 82.7 Å². The summed E-state index contributed by atoms with van der Waals surface area (Å²) in [7, 11) is 0. The van der Waals surface area contributed by atoms with Crippen molar-refractivity contribution in [3.63, 3.8) is 0 Å². The third-order valence-electron chi connectivity index (χ3n) is 8.08. The highest BCUT2D eigenvalue weighted by Gasteiger charge is 2.03. The quantitative estimate of drug-likeness (QED) is 0.107. The Balaban J connectivity index is -0.00000420. The van der Waals surface area contributed by atoms with Crippen LogP contribution in [0.4, 0.5) is 11.4 Å². The standard InChI is InChI=1S/C36H62N4.4ClH/c1-3-5-7-9-15-19-27-37-35-23-31-39(32-24-35)29-21-17-13-11-12-14-18-22-30-40-33-25-36(26-34-40)38-28-20-16-10-8-6-4-2;;;;/h23-26,31-34H,3-22,27-30H2,1-2H3;4*1H. The van der Waals surface area contributed by atoms with Crippen LogP contribution in [0.5, 0.6) is 0 Å². The Labute approximate surface area is 297 Å². The van der Waals surface area contributed by atoms with E-state index in [0.717, 1.165) is 26.2 Å². The van der Waals surface area contributed by atoms with Gasteiger partial charge in [-0.3, -0.25) is 0 Å². The maximum Gasteiger partial charge on any atom is 0.170 e. The van der Waals surface area contributed by atoms with Gasteiger partial charge in [-0.05, 0) is 25.7 Å². The maximum atomic E-state index is 3.58. The van der Waals surface area contributed by atoms with Crippen LogP contribution in [0.15, 0.2) is 49.1 Å². The van der Waals surface area contributed by atoms with Crippen LogP contribution in [0.2, 0.25) is 0 Å². The van der Waals surface area contributed by atoms with Gasteiger partial charge in [-0.15, -0.1) is 24.8 Å². The number of pyridine rings is 2. The fourth-order valence-electron chi connectivity index (χ4n) is 5.37. The molecule has 0 spiro atoms. The predicted molar refractivity (Wildman–Crippen MR) is 188 cm³/mol. The number of halogens is 4. The molecule has 2 rings (SSSR count). The van der Waals surface area contributed by atoms with Gasteiger partial charge in [0.1, 0.15) is 13.1 Å². The van der Waals surface area contributed by atoms with Gasteiger partial charge < -0.3 is 35.4 Å². The largest absolute Gasteiger partial charge is 1.00 e. The summed E-state index contributed by atoms with van der Waals surface area (Å²) in [6.45, 7) is 9.03. The molecule has 2 aromatic rings. The fourth-order valence-corrected chi connectivity index (χ4v) is 5.37. The highest BCUT2D eigenvalue weighted by molar-refractivity contribution is 5.85. The van der Waals surface area contributed by atoms with Crippen molar-refractivity contribution >= 4 is 36.2 Å². The first-order valence-corrected chi connectivity index (χ1v) is 17.3. The Hall–Kier alpha value is -0.940. The number of hydrogen-bond acceptors (Lipinski definition) is 2. The van der Waals surface area contributed by atoms with Crippen molar-refractivity contribution in [1.82, 2.24) is 0 Å². The summed E-state index contributed by atoms with van der Waals surface area (Å²) in [5, 5.41) is 7.15. The van der Waals surface area contributed by atoms with Crippen LogP contribution >= 0.6 is 24.8 Å². The molecule has 0 atom stereocenters. The summed E-state index contributed by atoms with van der Waals surface area (Å²) in [5.74, 6) is 0. The summed E-state index contributed by atoms with van der Waals surface area (Å²) in [4.78, 5) is 0. The monoisotopic (exact) mass is 694 g/mol. The molecule has 0 saturated carbocycles. The molecule has 0 amide bonds. The van der Waals surface area contributed by atoms with E-state index >= 15 is 0 Å². The van der Waals surface area contributed by atoms with Crippen molar-refractivity contribution in [1.29, 1.82) is 0 Å². The average molecular weight is 697 g/mol. The molecule has 4 nitrogen and oxygen atoms in total. The zero-order chi connectivity index (χ0) is 28.4. The summed E-state index contributed by atoms with van der Waals surface area (Å²) in [5.41, 5.74) is 2.52. The lowest BCUT2D eigenvalue weighted by atomic mass is 10.1. The number of rotatable bonds is 27. The first kappa shape index (κ1) is 47.5. The minimum atomic E-state index is 0. The molecule has 0 unspecified atom stereocenters. The van der Waals surface area contributed by atoms with Gasteiger partial charge in [0.05, 0.1) is 0 Å². The van der Waals surface area contributed by atoms with Gasteiger partial charge >= 0.3 is 0 Å². The molecule has 2 aromatic heterocycles. The Bertz CT molecular complexity index is 752. The number of anilines is 2. The number of aryl methyl sites for hydroxylation is 2. The number of hydrogen-bond donors (Lipinski definition) is 2. The van der Waals surface area contributed by atoms with Gasteiger partial charge in [-0.1, -0.05) is 104 Å². The van der Waals surface area contributed by atoms with E-state index in [0.29, 0.717) is 0 Å². The highest BCUT2D eigenvalue weighted by atomic mass is 35.5. The van der Waals surface area contributed by atoms with E-state index in [-0.39, 0.29) is 49.6 Å². The predicted octanol–water partition coefficient (Wildman–Crippen LogP) is 4.48. The van der Waals surface area contributed by atoms with Crippen molar-refractivity contribution in [2.45, 2.75) is 155 Å². The average Bonchev–Trinajstić information content (AvgIpc) is 2.98. The fraction of sp³-hybridized carbons (Fsp3) is 0.722. The Morgan fingerprint density at radius 2 is 0.682 bits per heavy atom. The second kappa shape index (κ2) is 34.9. The third-order valence-corrected chi connectivity index (χ3v) is 8.08. The molecule has 8 heteroatoms. The molecule has 258 valence electrons. The molecule has 0 fully saturated rings. The minimum absolute atomic E-state index is 0. The number of aromatic nitrogens is 2. The van der Waals surface area contributed by atoms with E-state index in [1.54, 1.807) is 0 Å². The molecular weight excluding hydrogens is 630 g/mol. The second-order valence-electron chi connectivity index (χ2n) is 11.9. The van der Waals surface area contributed by atoms with Crippen molar-refractivity contribution in [2.75, 3.05) is 23.7 Å². The molecular formula is C36H66Cl4N4. The zero-order valence-corrected chi connectivity index (χ0v) is 31.2. The molecule has 0 radical (unpaired) electrons. The Morgan fingerprint density at radius 1 is 0.409 bits per heavy atom. The first-order chi connectivity index (χ1) is 19.8. The van der Waals surface area contributed by atoms with Crippen LogP contribution in [-0.2, 0) is 13.1 Å². The molecule has 0 aliphatic heterocycles. The van der Waals surface area contributed by atoms with E-state index in [1.165, 1.54) is 140 Å².